The van der Waals surface area contributed by atoms with Gasteiger partial charge in [0.2, 0.25) is 0 Å². The van der Waals surface area contributed by atoms with Gasteiger partial charge < -0.3 is 11.5 Å². The summed E-state index contributed by atoms with van der Waals surface area (Å²) in [5.74, 6) is 0.650. The molecule has 2 nitrogen and oxygen atoms in total. The molecule has 2 aliphatic rings. The highest BCUT2D eigenvalue weighted by atomic mass is 14.9. The molecule has 4 atom stereocenters. The molecular formula is C10H20N2. The normalized spacial score (nSPS) is 56.2. The van der Waals surface area contributed by atoms with Crippen LogP contribution in [0.15, 0.2) is 0 Å². The number of hydrogen-bond donors (Lipinski definition) is 2. The van der Waals surface area contributed by atoms with E-state index in [0.29, 0.717) is 11.3 Å². The van der Waals surface area contributed by atoms with Crippen molar-refractivity contribution in [2.75, 3.05) is 0 Å². The van der Waals surface area contributed by atoms with Crippen molar-refractivity contribution in [2.24, 2.45) is 28.2 Å². The molecule has 2 aliphatic carbocycles. The predicted molar refractivity (Wildman–Crippen MR) is 50.6 cm³/mol. The summed E-state index contributed by atoms with van der Waals surface area (Å²) in [7, 11) is 0. The highest BCUT2D eigenvalue weighted by molar-refractivity contribution is 5.17. The summed E-state index contributed by atoms with van der Waals surface area (Å²) < 4.78 is 0. The van der Waals surface area contributed by atoms with Crippen molar-refractivity contribution in [1.29, 1.82) is 0 Å². The Labute approximate surface area is 74.7 Å². The van der Waals surface area contributed by atoms with Crippen molar-refractivity contribution in [2.45, 2.75) is 45.7 Å². The van der Waals surface area contributed by atoms with Gasteiger partial charge in [0.1, 0.15) is 0 Å². The number of fused-ring (bicyclic) bond motifs is 2. The maximum absolute atomic E-state index is 6.15. The summed E-state index contributed by atoms with van der Waals surface area (Å²) in [4.78, 5) is 0. The molecular weight excluding hydrogens is 148 g/mol. The molecule has 2 heteroatoms. The molecule has 0 radical (unpaired) electrons. The molecule has 0 unspecified atom stereocenters. The van der Waals surface area contributed by atoms with Gasteiger partial charge >= 0.3 is 0 Å². The van der Waals surface area contributed by atoms with E-state index in [1.807, 2.05) is 0 Å². The van der Waals surface area contributed by atoms with Gasteiger partial charge in [-0.15, -0.1) is 0 Å². The van der Waals surface area contributed by atoms with Gasteiger partial charge in [-0.3, -0.25) is 0 Å². The van der Waals surface area contributed by atoms with Gasteiger partial charge in [0.25, 0.3) is 0 Å². The van der Waals surface area contributed by atoms with Crippen molar-refractivity contribution < 1.29 is 0 Å². The molecule has 2 saturated carbocycles. The molecule has 2 rings (SSSR count). The van der Waals surface area contributed by atoms with Crippen LogP contribution in [-0.4, -0.2) is 12.1 Å². The molecule has 0 aromatic rings. The molecule has 0 spiro atoms. The molecule has 0 aromatic heterocycles. The summed E-state index contributed by atoms with van der Waals surface area (Å²) in [6.45, 7) is 6.97. The Morgan fingerprint density at radius 2 is 1.75 bits per heavy atom. The Hall–Kier alpha value is -0.0800. The summed E-state index contributed by atoms with van der Waals surface area (Å²) in [6.07, 6.45) is 2.54. The highest BCUT2D eigenvalue weighted by Gasteiger charge is 2.63. The quantitative estimate of drug-likeness (QED) is 0.569. The Morgan fingerprint density at radius 3 is 2.00 bits per heavy atom. The first-order valence-electron chi connectivity index (χ1n) is 4.92. The van der Waals surface area contributed by atoms with E-state index in [9.17, 15) is 0 Å². The zero-order chi connectivity index (χ0) is 9.15. The first-order chi connectivity index (χ1) is 5.41. The predicted octanol–water partition coefficient (Wildman–Crippen LogP) is 1.10. The molecule has 12 heavy (non-hydrogen) atoms. The van der Waals surface area contributed by atoms with Crippen LogP contribution in [0.25, 0.3) is 0 Å². The van der Waals surface area contributed by atoms with Gasteiger partial charge in [-0.25, -0.2) is 0 Å². The van der Waals surface area contributed by atoms with Crippen LogP contribution < -0.4 is 11.5 Å². The topological polar surface area (TPSA) is 52.0 Å². The van der Waals surface area contributed by atoms with Gasteiger partial charge in [-0.05, 0) is 29.6 Å². The minimum absolute atomic E-state index is 0.214. The summed E-state index contributed by atoms with van der Waals surface area (Å²) in [5, 5.41) is 0. The fourth-order valence-corrected chi connectivity index (χ4v) is 3.51. The first-order valence-corrected chi connectivity index (χ1v) is 4.92. The monoisotopic (exact) mass is 168 g/mol. The number of rotatable bonds is 0. The van der Waals surface area contributed by atoms with Crippen molar-refractivity contribution in [3.63, 3.8) is 0 Å². The van der Waals surface area contributed by atoms with Gasteiger partial charge in [-0.2, -0.15) is 0 Å². The van der Waals surface area contributed by atoms with E-state index in [2.05, 4.69) is 20.8 Å². The van der Waals surface area contributed by atoms with Crippen LogP contribution in [0.3, 0.4) is 0 Å². The fourth-order valence-electron chi connectivity index (χ4n) is 3.51. The maximum atomic E-state index is 6.15. The van der Waals surface area contributed by atoms with E-state index < -0.39 is 0 Å². The molecule has 0 saturated heterocycles. The summed E-state index contributed by atoms with van der Waals surface area (Å²) in [5.41, 5.74) is 12.9. The largest absolute Gasteiger partial charge is 0.326 e. The van der Waals surface area contributed by atoms with Crippen LogP contribution in [0, 0.1) is 16.7 Å². The van der Waals surface area contributed by atoms with Crippen LogP contribution >= 0.6 is 0 Å². The second-order valence-electron chi connectivity index (χ2n) is 5.39. The van der Waals surface area contributed by atoms with Crippen molar-refractivity contribution in [3.05, 3.63) is 0 Å². The Bertz CT molecular complexity index is 212. The van der Waals surface area contributed by atoms with Crippen LogP contribution in [0.2, 0.25) is 0 Å². The Balaban J connectivity index is 2.44. The van der Waals surface area contributed by atoms with E-state index in [1.165, 1.54) is 12.8 Å². The minimum Gasteiger partial charge on any atom is -0.326 e. The molecule has 0 aliphatic heterocycles. The third-order valence-corrected chi connectivity index (χ3v) is 4.99. The lowest BCUT2D eigenvalue weighted by Gasteiger charge is -2.37. The first kappa shape index (κ1) is 8.52. The molecule has 2 fully saturated rings. The van der Waals surface area contributed by atoms with Gasteiger partial charge in [0, 0.05) is 12.1 Å². The van der Waals surface area contributed by atoms with E-state index >= 15 is 0 Å². The third kappa shape index (κ3) is 0.647. The van der Waals surface area contributed by atoms with Gasteiger partial charge in [0.15, 0.2) is 0 Å². The molecule has 0 aromatic carbocycles. The van der Waals surface area contributed by atoms with Gasteiger partial charge in [-0.1, -0.05) is 20.8 Å². The van der Waals surface area contributed by atoms with E-state index in [1.54, 1.807) is 0 Å². The fraction of sp³-hybridized carbons (Fsp3) is 1.00. The van der Waals surface area contributed by atoms with Crippen molar-refractivity contribution in [3.8, 4) is 0 Å². The van der Waals surface area contributed by atoms with Crippen LogP contribution in [0.5, 0.6) is 0 Å². The Kier molecular flexibility index (Phi) is 1.45. The number of hydrogen-bond acceptors (Lipinski definition) is 2. The minimum atomic E-state index is 0.214. The maximum Gasteiger partial charge on any atom is 0.0255 e. The van der Waals surface area contributed by atoms with Crippen molar-refractivity contribution >= 4 is 0 Å². The second kappa shape index (κ2) is 2.05. The smallest absolute Gasteiger partial charge is 0.0255 e. The molecule has 2 bridgehead atoms. The molecule has 0 amide bonds. The SMILES string of the molecule is CC1(C)[C@H]2CC[C@@]1(C)[C@H](N)[C@H]2N. The molecule has 4 N–H and O–H groups in total. The second-order valence-corrected chi connectivity index (χ2v) is 5.39. The van der Waals surface area contributed by atoms with Crippen LogP contribution in [0.1, 0.15) is 33.6 Å². The van der Waals surface area contributed by atoms with Crippen LogP contribution in [-0.2, 0) is 0 Å². The summed E-state index contributed by atoms with van der Waals surface area (Å²) in [6, 6.07) is 0.449. The third-order valence-electron chi connectivity index (χ3n) is 4.99. The molecule has 70 valence electrons. The lowest BCUT2D eigenvalue weighted by atomic mass is 9.69. The van der Waals surface area contributed by atoms with Crippen LogP contribution in [0.4, 0.5) is 0 Å². The zero-order valence-corrected chi connectivity index (χ0v) is 8.30. The standard InChI is InChI=1S/C10H20N2/c1-9(2)6-4-5-10(9,3)8(12)7(6)11/h6-8H,4-5,11-12H2,1-3H3/t6-,7-,8+,10-/m0/s1. The summed E-state index contributed by atoms with van der Waals surface area (Å²) >= 11 is 0. The van der Waals surface area contributed by atoms with E-state index in [0.717, 1.165) is 0 Å². The lowest BCUT2D eigenvalue weighted by molar-refractivity contribution is 0.136. The highest BCUT2D eigenvalue weighted by Crippen LogP contribution is 2.64. The van der Waals surface area contributed by atoms with E-state index in [-0.39, 0.29) is 17.5 Å². The van der Waals surface area contributed by atoms with E-state index in [4.69, 9.17) is 11.5 Å². The average Bonchev–Trinajstić information content (AvgIpc) is 2.26. The molecule has 0 heterocycles. The Morgan fingerprint density at radius 1 is 1.17 bits per heavy atom. The van der Waals surface area contributed by atoms with Crippen molar-refractivity contribution in [1.82, 2.24) is 0 Å². The average molecular weight is 168 g/mol. The lowest BCUT2D eigenvalue weighted by Crippen LogP contribution is -2.50. The zero-order valence-electron chi connectivity index (χ0n) is 8.30. The number of nitrogens with two attached hydrogens (primary N) is 2. The van der Waals surface area contributed by atoms with Gasteiger partial charge in [0.05, 0.1) is 0 Å².